The fraction of sp³-hybridized carbons (Fsp3) is 0.769. The third kappa shape index (κ3) is 5.01. The maximum absolute atomic E-state index is 11.6. The summed E-state index contributed by atoms with van der Waals surface area (Å²) in [5, 5.41) is 0. The number of hydrogen-bond donors (Lipinski definition) is 0. The highest BCUT2D eigenvalue weighted by Crippen LogP contribution is 2.29. The first-order chi connectivity index (χ1) is 6.59. The van der Waals surface area contributed by atoms with Crippen LogP contribution in [0.15, 0.2) is 12.2 Å². The van der Waals surface area contributed by atoms with Gasteiger partial charge in [0, 0.05) is 0 Å². The number of carbonyl (C=O) groups is 1. The predicted molar refractivity (Wildman–Crippen MR) is 63.6 cm³/mol. The first kappa shape index (κ1) is 14.2. The number of hydrogen-bond acceptors (Lipinski definition) is 2. The summed E-state index contributed by atoms with van der Waals surface area (Å²) in [6, 6.07) is 0. The average Bonchev–Trinajstić information content (AvgIpc) is 2.14. The highest BCUT2D eigenvalue weighted by molar-refractivity contribution is 5.72. The Labute approximate surface area is 93.7 Å². The van der Waals surface area contributed by atoms with Gasteiger partial charge in [-0.25, -0.2) is 0 Å². The van der Waals surface area contributed by atoms with Gasteiger partial charge in [-0.15, -0.1) is 0 Å². The molecule has 88 valence electrons. The van der Waals surface area contributed by atoms with E-state index in [1.165, 1.54) is 6.42 Å². The molecule has 1 fully saturated rings. The van der Waals surface area contributed by atoms with Crippen LogP contribution in [0.3, 0.4) is 0 Å². The van der Waals surface area contributed by atoms with Crippen LogP contribution in [0.25, 0.3) is 0 Å². The molecule has 2 heteroatoms. The number of carbonyl (C=O) groups excluding carboxylic acids is 1. The third-order valence-corrected chi connectivity index (χ3v) is 2.73. The van der Waals surface area contributed by atoms with Gasteiger partial charge in [0.2, 0.25) is 0 Å². The van der Waals surface area contributed by atoms with Crippen molar-refractivity contribution in [1.82, 2.24) is 0 Å². The van der Waals surface area contributed by atoms with Gasteiger partial charge in [0.1, 0.15) is 6.61 Å². The van der Waals surface area contributed by atoms with Crippen LogP contribution in [0.4, 0.5) is 0 Å². The van der Waals surface area contributed by atoms with Crippen molar-refractivity contribution in [3.05, 3.63) is 12.2 Å². The molecule has 0 spiro atoms. The van der Waals surface area contributed by atoms with Crippen molar-refractivity contribution in [1.29, 1.82) is 0 Å². The topological polar surface area (TPSA) is 26.3 Å². The number of rotatable bonds is 3. The Morgan fingerprint density at radius 2 is 2.13 bits per heavy atom. The third-order valence-electron chi connectivity index (χ3n) is 2.73. The zero-order valence-corrected chi connectivity index (χ0v) is 9.21. The number of esters is 1. The highest BCUT2D eigenvalue weighted by Gasteiger charge is 2.25. The van der Waals surface area contributed by atoms with Gasteiger partial charge < -0.3 is 4.74 Å². The molecule has 0 N–H and O–H groups in total. The molecule has 1 aliphatic carbocycles. The molecule has 0 aromatic carbocycles. The molecule has 15 heavy (non-hydrogen) atoms. The Kier molecular flexibility index (Phi) is 6.30. The van der Waals surface area contributed by atoms with Crippen LogP contribution < -0.4 is 0 Å². The summed E-state index contributed by atoms with van der Waals surface area (Å²) >= 11 is 0. The van der Waals surface area contributed by atoms with Gasteiger partial charge in [-0.1, -0.05) is 33.8 Å². The van der Waals surface area contributed by atoms with Crippen molar-refractivity contribution in [2.24, 2.45) is 11.8 Å². The van der Waals surface area contributed by atoms with Crippen LogP contribution in [0.1, 0.15) is 47.0 Å². The molecule has 0 bridgehead atoms. The van der Waals surface area contributed by atoms with E-state index in [1.807, 2.05) is 6.92 Å². The Bertz CT molecular complexity index is 221. The molecule has 0 aromatic heterocycles. The van der Waals surface area contributed by atoms with Gasteiger partial charge in [0.15, 0.2) is 0 Å². The molecule has 2 nitrogen and oxygen atoms in total. The fourth-order valence-corrected chi connectivity index (χ4v) is 1.96. The standard InChI is InChI=1S/C12H20O2.CH4/c1-9(2)8-14-12(13)11-6-4-5-10(3)7-11;/h10-11H,1,4-8H2,2-3H3;1H4. The quantitative estimate of drug-likeness (QED) is 0.528. The lowest BCUT2D eigenvalue weighted by Gasteiger charge is -2.25. The lowest BCUT2D eigenvalue weighted by atomic mass is 9.82. The van der Waals surface area contributed by atoms with Crippen molar-refractivity contribution in [2.45, 2.75) is 47.0 Å². The fourth-order valence-electron chi connectivity index (χ4n) is 1.96. The van der Waals surface area contributed by atoms with Crippen molar-refractivity contribution < 1.29 is 9.53 Å². The normalized spacial score (nSPS) is 25.2. The van der Waals surface area contributed by atoms with E-state index >= 15 is 0 Å². The summed E-state index contributed by atoms with van der Waals surface area (Å²) in [7, 11) is 0. The van der Waals surface area contributed by atoms with Crippen LogP contribution >= 0.6 is 0 Å². The molecular weight excluding hydrogens is 188 g/mol. The minimum atomic E-state index is -0.0282. The summed E-state index contributed by atoms with van der Waals surface area (Å²) in [4.78, 5) is 11.6. The molecule has 1 saturated carbocycles. The van der Waals surface area contributed by atoms with E-state index in [9.17, 15) is 4.79 Å². The highest BCUT2D eigenvalue weighted by atomic mass is 16.5. The van der Waals surface area contributed by atoms with Crippen LogP contribution in [0, 0.1) is 11.8 Å². The Balaban J connectivity index is 0.00000196. The second-order valence-corrected chi connectivity index (χ2v) is 4.53. The lowest BCUT2D eigenvalue weighted by Crippen LogP contribution is -2.24. The van der Waals surface area contributed by atoms with Gasteiger partial charge >= 0.3 is 5.97 Å². The van der Waals surface area contributed by atoms with E-state index in [2.05, 4.69) is 13.5 Å². The van der Waals surface area contributed by atoms with Crippen molar-refractivity contribution in [2.75, 3.05) is 6.61 Å². The first-order valence-corrected chi connectivity index (χ1v) is 5.40. The summed E-state index contributed by atoms with van der Waals surface area (Å²) in [5.74, 6) is 0.781. The molecule has 0 saturated heterocycles. The molecule has 2 atom stereocenters. The minimum absolute atomic E-state index is 0. The van der Waals surface area contributed by atoms with Crippen molar-refractivity contribution in [3.63, 3.8) is 0 Å². The summed E-state index contributed by atoms with van der Waals surface area (Å²) in [6.45, 7) is 8.17. The lowest BCUT2D eigenvalue weighted by molar-refractivity contribution is -0.149. The zero-order chi connectivity index (χ0) is 10.6. The molecule has 2 unspecified atom stereocenters. The minimum Gasteiger partial charge on any atom is -0.461 e. The average molecular weight is 212 g/mol. The predicted octanol–water partition coefficient (Wildman–Crippen LogP) is 3.57. The Hall–Kier alpha value is -0.790. The zero-order valence-electron chi connectivity index (χ0n) is 9.21. The van der Waals surface area contributed by atoms with E-state index in [0.717, 1.165) is 24.8 Å². The van der Waals surface area contributed by atoms with Crippen LogP contribution in [0.2, 0.25) is 0 Å². The molecule has 0 radical (unpaired) electrons. The van der Waals surface area contributed by atoms with E-state index in [0.29, 0.717) is 12.5 Å². The van der Waals surface area contributed by atoms with E-state index < -0.39 is 0 Å². The van der Waals surface area contributed by atoms with Gasteiger partial charge in [-0.2, -0.15) is 0 Å². The second-order valence-electron chi connectivity index (χ2n) is 4.53. The molecule has 0 heterocycles. The second kappa shape index (κ2) is 6.65. The van der Waals surface area contributed by atoms with Crippen LogP contribution in [-0.2, 0) is 9.53 Å². The van der Waals surface area contributed by atoms with E-state index in [1.54, 1.807) is 0 Å². The van der Waals surface area contributed by atoms with Crippen LogP contribution in [0.5, 0.6) is 0 Å². The molecule has 1 rings (SSSR count). The SMILES string of the molecule is C.C=C(C)COC(=O)C1CCCC(C)C1. The summed E-state index contributed by atoms with van der Waals surface area (Å²) < 4.78 is 5.15. The van der Waals surface area contributed by atoms with Gasteiger partial charge in [-0.3, -0.25) is 4.79 Å². The summed E-state index contributed by atoms with van der Waals surface area (Å²) in [5.41, 5.74) is 0.905. The Morgan fingerprint density at radius 3 is 2.67 bits per heavy atom. The summed E-state index contributed by atoms with van der Waals surface area (Å²) in [6.07, 6.45) is 4.41. The van der Waals surface area contributed by atoms with Gasteiger partial charge in [-0.05, 0) is 31.3 Å². The largest absolute Gasteiger partial charge is 0.461 e. The molecule has 0 aromatic rings. The van der Waals surface area contributed by atoms with Gasteiger partial charge in [0.25, 0.3) is 0 Å². The first-order valence-electron chi connectivity index (χ1n) is 5.40. The molecular formula is C13H24O2. The molecule has 0 aliphatic heterocycles. The molecule has 1 aliphatic rings. The van der Waals surface area contributed by atoms with Crippen molar-refractivity contribution in [3.8, 4) is 0 Å². The van der Waals surface area contributed by atoms with E-state index in [4.69, 9.17) is 4.74 Å². The maximum Gasteiger partial charge on any atom is 0.309 e. The monoisotopic (exact) mass is 212 g/mol. The number of ether oxygens (including phenoxy) is 1. The molecule has 0 amide bonds. The van der Waals surface area contributed by atoms with Crippen molar-refractivity contribution >= 4 is 5.97 Å². The van der Waals surface area contributed by atoms with Gasteiger partial charge in [0.05, 0.1) is 5.92 Å². The smallest absolute Gasteiger partial charge is 0.309 e. The Morgan fingerprint density at radius 1 is 1.47 bits per heavy atom. The van der Waals surface area contributed by atoms with E-state index in [-0.39, 0.29) is 19.3 Å². The maximum atomic E-state index is 11.6. The van der Waals surface area contributed by atoms with Crippen LogP contribution in [-0.4, -0.2) is 12.6 Å².